The van der Waals surface area contributed by atoms with Crippen LogP contribution in [0.3, 0.4) is 0 Å². The summed E-state index contributed by atoms with van der Waals surface area (Å²) >= 11 is 6.19. The fraction of sp³-hybridized carbons (Fsp3) is 0.235. The Morgan fingerprint density at radius 2 is 1.96 bits per heavy atom. The van der Waals surface area contributed by atoms with Crippen LogP contribution in [0.2, 0.25) is 5.02 Å². The van der Waals surface area contributed by atoms with Gasteiger partial charge in [0.15, 0.2) is 11.5 Å². The minimum absolute atomic E-state index is 0.0537. The average Bonchev–Trinajstić information content (AvgIpc) is 2.96. The van der Waals surface area contributed by atoms with E-state index < -0.39 is 5.97 Å². The van der Waals surface area contributed by atoms with E-state index in [2.05, 4.69) is 5.16 Å². The highest BCUT2D eigenvalue weighted by Gasteiger charge is 2.29. The van der Waals surface area contributed by atoms with Crippen molar-refractivity contribution in [1.29, 1.82) is 0 Å². The molecule has 0 aliphatic carbocycles. The van der Waals surface area contributed by atoms with Gasteiger partial charge in [-0.2, -0.15) is 0 Å². The van der Waals surface area contributed by atoms with Gasteiger partial charge < -0.3 is 14.2 Å². The highest BCUT2D eigenvalue weighted by Crippen LogP contribution is 2.34. The van der Waals surface area contributed by atoms with Crippen molar-refractivity contribution < 1.29 is 18.8 Å². The molecular formula is C17H17ClN2O4. The first-order valence-electron chi connectivity index (χ1n) is 7.09. The van der Waals surface area contributed by atoms with Gasteiger partial charge in [-0.05, 0) is 13.0 Å². The van der Waals surface area contributed by atoms with Gasteiger partial charge in [0.05, 0.1) is 17.7 Å². The predicted molar refractivity (Wildman–Crippen MR) is 90.6 cm³/mol. The third kappa shape index (κ3) is 3.49. The molecule has 0 aliphatic heterocycles. The number of aromatic nitrogens is 1. The van der Waals surface area contributed by atoms with Crippen molar-refractivity contribution in [2.75, 3.05) is 21.2 Å². The molecule has 2 rings (SSSR count). The lowest BCUT2D eigenvalue weighted by molar-refractivity contribution is -0.111. The summed E-state index contributed by atoms with van der Waals surface area (Å²) in [5.74, 6) is -0.874. The molecule has 0 atom stereocenters. The highest BCUT2D eigenvalue weighted by molar-refractivity contribution is 6.33. The van der Waals surface area contributed by atoms with Crippen LogP contribution >= 0.6 is 11.6 Å². The number of Topliss-reactive ketones (excluding diaryl/α,β-unsaturated/α-hetero) is 1. The normalized spacial score (nSPS) is 11.3. The molecule has 7 heteroatoms. The third-order valence-corrected chi connectivity index (χ3v) is 3.55. The molecule has 0 unspecified atom stereocenters. The molecule has 0 N–H and O–H groups in total. The van der Waals surface area contributed by atoms with Gasteiger partial charge in [0.25, 0.3) is 0 Å². The van der Waals surface area contributed by atoms with Crippen LogP contribution in [0.25, 0.3) is 16.8 Å². The van der Waals surface area contributed by atoms with Crippen LogP contribution in [0.1, 0.15) is 23.0 Å². The van der Waals surface area contributed by atoms with Gasteiger partial charge in [-0.1, -0.05) is 35.0 Å². The predicted octanol–water partition coefficient (Wildman–Crippen LogP) is 3.27. The van der Waals surface area contributed by atoms with Gasteiger partial charge in [-0.25, -0.2) is 4.79 Å². The summed E-state index contributed by atoms with van der Waals surface area (Å²) < 4.78 is 10.2. The summed E-state index contributed by atoms with van der Waals surface area (Å²) in [6, 6.07) is 6.91. The number of hydrogen-bond acceptors (Lipinski definition) is 6. The number of ketones is 1. The SMILES string of the molecule is COC(=O)c1c(-c2ccccc2Cl)noc1C(=CN(C)C)C(C)=O. The molecule has 0 bridgehead atoms. The van der Waals surface area contributed by atoms with Gasteiger partial charge in [-0.15, -0.1) is 0 Å². The van der Waals surface area contributed by atoms with Crippen LogP contribution in [0.15, 0.2) is 35.0 Å². The zero-order chi connectivity index (χ0) is 17.9. The van der Waals surface area contributed by atoms with E-state index in [1.807, 2.05) is 0 Å². The molecule has 0 fully saturated rings. The van der Waals surface area contributed by atoms with Gasteiger partial charge in [0.2, 0.25) is 0 Å². The largest absolute Gasteiger partial charge is 0.465 e. The quantitative estimate of drug-likeness (QED) is 0.610. The van der Waals surface area contributed by atoms with Gasteiger partial charge >= 0.3 is 5.97 Å². The Balaban J connectivity index is 2.74. The molecule has 0 amide bonds. The lowest BCUT2D eigenvalue weighted by Gasteiger charge is -2.09. The Morgan fingerprint density at radius 1 is 1.29 bits per heavy atom. The molecule has 0 saturated carbocycles. The van der Waals surface area contributed by atoms with E-state index in [0.717, 1.165) is 0 Å². The maximum absolute atomic E-state index is 12.3. The van der Waals surface area contributed by atoms with Crippen molar-refractivity contribution in [2.45, 2.75) is 6.92 Å². The summed E-state index contributed by atoms with van der Waals surface area (Å²) in [5, 5.41) is 4.36. The zero-order valence-corrected chi connectivity index (χ0v) is 14.5. The smallest absolute Gasteiger partial charge is 0.344 e. The van der Waals surface area contributed by atoms with Gasteiger partial charge in [0.1, 0.15) is 11.3 Å². The molecule has 1 aromatic carbocycles. The number of carbonyl (C=O) groups is 2. The van der Waals surface area contributed by atoms with Crippen LogP contribution in [0.5, 0.6) is 0 Å². The Labute approximate surface area is 144 Å². The van der Waals surface area contributed by atoms with Crippen molar-refractivity contribution in [2.24, 2.45) is 0 Å². The number of benzene rings is 1. The fourth-order valence-electron chi connectivity index (χ4n) is 2.17. The fourth-order valence-corrected chi connectivity index (χ4v) is 2.40. The monoisotopic (exact) mass is 348 g/mol. The number of carbonyl (C=O) groups excluding carboxylic acids is 2. The molecule has 2 aromatic rings. The standard InChI is InChI=1S/C17H17ClN2O4/c1-10(21)12(9-20(2)3)16-14(17(22)23-4)15(19-24-16)11-7-5-6-8-13(11)18/h5-9H,1-4H3. The number of methoxy groups -OCH3 is 1. The number of nitrogens with zero attached hydrogens (tertiary/aromatic N) is 2. The second-order valence-electron chi connectivity index (χ2n) is 5.27. The molecule has 0 aliphatic rings. The number of halogens is 1. The summed E-state index contributed by atoms with van der Waals surface area (Å²) in [7, 11) is 4.76. The van der Waals surface area contributed by atoms with Crippen LogP contribution in [-0.2, 0) is 9.53 Å². The van der Waals surface area contributed by atoms with E-state index in [-0.39, 0.29) is 28.4 Å². The minimum atomic E-state index is -0.660. The van der Waals surface area contributed by atoms with Gasteiger partial charge in [0, 0.05) is 25.9 Å². The number of allylic oxidation sites excluding steroid dienone is 1. The summed E-state index contributed by atoms with van der Waals surface area (Å²) in [6.07, 6.45) is 1.56. The number of ether oxygens (including phenoxy) is 1. The topological polar surface area (TPSA) is 72.6 Å². The van der Waals surface area contributed by atoms with Crippen molar-refractivity contribution in [3.8, 4) is 11.3 Å². The molecule has 6 nitrogen and oxygen atoms in total. The second kappa shape index (κ2) is 7.31. The molecule has 1 heterocycles. The van der Waals surface area contributed by atoms with Crippen molar-refractivity contribution >= 4 is 28.9 Å². The summed E-state index contributed by atoms with van der Waals surface area (Å²) in [5.41, 5.74) is 1.02. The number of esters is 1. The summed E-state index contributed by atoms with van der Waals surface area (Å²) in [4.78, 5) is 26.0. The van der Waals surface area contributed by atoms with E-state index in [4.69, 9.17) is 20.9 Å². The second-order valence-corrected chi connectivity index (χ2v) is 5.68. The van der Waals surface area contributed by atoms with E-state index in [9.17, 15) is 9.59 Å². The Hall–Kier alpha value is -2.60. The third-order valence-electron chi connectivity index (χ3n) is 3.22. The van der Waals surface area contributed by atoms with E-state index in [0.29, 0.717) is 10.6 Å². The number of rotatable bonds is 5. The Bertz CT molecular complexity index is 809. The zero-order valence-electron chi connectivity index (χ0n) is 13.8. The lowest BCUT2D eigenvalue weighted by atomic mass is 10.0. The molecular weight excluding hydrogens is 332 g/mol. The number of hydrogen-bond donors (Lipinski definition) is 0. The van der Waals surface area contributed by atoms with Crippen LogP contribution in [0, 0.1) is 0 Å². The van der Waals surface area contributed by atoms with E-state index in [1.165, 1.54) is 14.0 Å². The van der Waals surface area contributed by atoms with Crippen LogP contribution < -0.4 is 0 Å². The maximum atomic E-state index is 12.3. The first-order valence-corrected chi connectivity index (χ1v) is 7.47. The van der Waals surface area contributed by atoms with Crippen molar-refractivity contribution in [1.82, 2.24) is 10.1 Å². The van der Waals surface area contributed by atoms with Crippen LogP contribution in [-0.4, -0.2) is 43.0 Å². The van der Waals surface area contributed by atoms with E-state index in [1.54, 1.807) is 49.5 Å². The van der Waals surface area contributed by atoms with Crippen LogP contribution in [0.4, 0.5) is 0 Å². The van der Waals surface area contributed by atoms with Gasteiger partial charge in [-0.3, -0.25) is 4.79 Å². The molecule has 0 spiro atoms. The van der Waals surface area contributed by atoms with E-state index >= 15 is 0 Å². The average molecular weight is 349 g/mol. The molecule has 0 radical (unpaired) electrons. The first kappa shape index (κ1) is 17.7. The highest BCUT2D eigenvalue weighted by atomic mass is 35.5. The van der Waals surface area contributed by atoms with Crippen molar-refractivity contribution in [3.05, 3.63) is 46.8 Å². The Kier molecular flexibility index (Phi) is 5.41. The summed E-state index contributed by atoms with van der Waals surface area (Å²) in [6.45, 7) is 1.38. The minimum Gasteiger partial charge on any atom is -0.465 e. The molecule has 1 aromatic heterocycles. The first-order chi connectivity index (χ1) is 11.4. The molecule has 24 heavy (non-hydrogen) atoms. The molecule has 126 valence electrons. The Morgan fingerprint density at radius 3 is 2.50 bits per heavy atom. The molecule has 0 saturated heterocycles. The lowest BCUT2D eigenvalue weighted by Crippen LogP contribution is -2.10. The maximum Gasteiger partial charge on any atom is 0.344 e. The van der Waals surface area contributed by atoms with Crippen molar-refractivity contribution in [3.63, 3.8) is 0 Å².